The summed E-state index contributed by atoms with van der Waals surface area (Å²) in [6.07, 6.45) is -1.00. The second kappa shape index (κ2) is 11.7. The normalized spacial score (nSPS) is 12.3. The summed E-state index contributed by atoms with van der Waals surface area (Å²) >= 11 is 6.22. The zero-order valence-electron chi connectivity index (χ0n) is 19.6. The first-order valence-corrected chi connectivity index (χ1v) is 10.7. The van der Waals surface area contributed by atoms with E-state index in [1.165, 1.54) is 12.1 Å². The summed E-state index contributed by atoms with van der Waals surface area (Å²) in [5.74, 6) is -0.536. The topological polar surface area (TPSA) is 149 Å². The summed E-state index contributed by atoms with van der Waals surface area (Å²) in [6.45, 7) is 10.7. The molecule has 1 unspecified atom stereocenters. The maximum absolute atomic E-state index is 12.4. The number of benzene rings is 1. The van der Waals surface area contributed by atoms with E-state index in [0.717, 1.165) is 6.07 Å². The van der Waals surface area contributed by atoms with Crippen LogP contribution in [-0.2, 0) is 14.3 Å². The highest BCUT2D eigenvalue weighted by Crippen LogP contribution is 2.31. The van der Waals surface area contributed by atoms with Gasteiger partial charge in [-0.15, -0.1) is 11.6 Å². The summed E-state index contributed by atoms with van der Waals surface area (Å²) < 4.78 is 10.2. The first-order chi connectivity index (χ1) is 15.1. The van der Waals surface area contributed by atoms with Crippen LogP contribution in [0.2, 0.25) is 0 Å². The highest BCUT2D eigenvalue weighted by Gasteiger charge is 2.24. The van der Waals surface area contributed by atoms with Crippen molar-refractivity contribution in [1.82, 2.24) is 10.6 Å². The van der Waals surface area contributed by atoms with Gasteiger partial charge in [0.25, 0.3) is 5.69 Å². The second-order valence-corrected chi connectivity index (χ2v) is 9.53. The molecule has 0 aliphatic carbocycles. The van der Waals surface area contributed by atoms with Gasteiger partial charge in [0.2, 0.25) is 5.91 Å². The number of rotatable bonds is 8. The molecular weight excluding hydrogens is 456 g/mol. The molecule has 0 fully saturated rings. The smallest absolute Gasteiger partial charge is 0.412 e. The molecule has 0 aliphatic heterocycles. The monoisotopic (exact) mass is 486 g/mol. The van der Waals surface area contributed by atoms with Gasteiger partial charge in [-0.05, 0) is 59.6 Å². The molecule has 1 rings (SSSR count). The van der Waals surface area contributed by atoms with Crippen LogP contribution in [0.25, 0.3) is 0 Å². The van der Waals surface area contributed by atoms with Gasteiger partial charge in [-0.2, -0.15) is 0 Å². The van der Waals surface area contributed by atoms with Crippen LogP contribution in [0.4, 0.5) is 21.0 Å². The summed E-state index contributed by atoms with van der Waals surface area (Å²) in [7, 11) is 0. The number of ether oxygens (including phenoxy) is 2. The average molecular weight is 487 g/mol. The van der Waals surface area contributed by atoms with Gasteiger partial charge in [-0.1, -0.05) is 6.07 Å². The lowest BCUT2D eigenvalue weighted by Gasteiger charge is -2.20. The molecule has 11 nitrogen and oxygen atoms in total. The number of alkyl halides is 1. The summed E-state index contributed by atoms with van der Waals surface area (Å²) in [5, 5.41) is 17.6. The van der Waals surface area contributed by atoms with Crippen LogP contribution in [0.5, 0.6) is 0 Å². The molecule has 184 valence electrons. The van der Waals surface area contributed by atoms with Crippen LogP contribution in [0, 0.1) is 10.1 Å². The average Bonchev–Trinajstić information content (AvgIpc) is 2.63. The van der Waals surface area contributed by atoms with Crippen LogP contribution in [0.3, 0.4) is 0 Å². The van der Waals surface area contributed by atoms with Crippen molar-refractivity contribution in [2.75, 3.05) is 18.4 Å². The molecule has 0 radical (unpaired) electrons. The number of halogens is 1. The molecule has 0 aliphatic rings. The molecule has 3 amide bonds. The van der Waals surface area contributed by atoms with Crippen molar-refractivity contribution < 1.29 is 28.8 Å². The van der Waals surface area contributed by atoms with E-state index in [2.05, 4.69) is 16.0 Å². The van der Waals surface area contributed by atoms with E-state index in [4.69, 9.17) is 21.1 Å². The van der Waals surface area contributed by atoms with Crippen molar-refractivity contribution in [3.8, 4) is 0 Å². The van der Waals surface area contributed by atoms with E-state index in [0.29, 0.717) is 6.42 Å². The third-order valence-electron chi connectivity index (χ3n) is 3.70. The van der Waals surface area contributed by atoms with E-state index in [9.17, 15) is 24.5 Å². The minimum atomic E-state index is -1.16. The molecule has 1 aromatic rings. The van der Waals surface area contributed by atoms with E-state index in [-0.39, 0.29) is 30.0 Å². The number of nitrogens with zero attached hydrogens (tertiary/aromatic N) is 1. The van der Waals surface area contributed by atoms with Gasteiger partial charge in [0, 0.05) is 19.2 Å². The molecule has 0 spiro atoms. The number of hydrogen-bond acceptors (Lipinski definition) is 7. The maximum atomic E-state index is 12.4. The van der Waals surface area contributed by atoms with E-state index < -0.39 is 39.6 Å². The number of amides is 3. The van der Waals surface area contributed by atoms with Crippen molar-refractivity contribution in [2.45, 2.75) is 64.5 Å². The molecule has 0 saturated heterocycles. The Bertz CT molecular complexity index is 878. The fraction of sp³-hybridized carbons (Fsp3) is 0.571. The molecule has 3 N–H and O–H groups in total. The number of alkyl carbamates (subject to hydrolysis) is 1. The van der Waals surface area contributed by atoms with Crippen LogP contribution in [0.1, 0.15) is 58.9 Å². The van der Waals surface area contributed by atoms with Gasteiger partial charge in [0.05, 0.1) is 4.92 Å². The molecule has 0 bridgehead atoms. The maximum Gasteiger partial charge on any atom is 0.412 e. The van der Waals surface area contributed by atoms with Gasteiger partial charge in [0.15, 0.2) is 0 Å². The van der Waals surface area contributed by atoms with Gasteiger partial charge in [-0.3, -0.25) is 20.2 Å². The Morgan fingerprint density at radius 2 is 1.55 bits per heavy atom. The minimum Gasteiger partial charge on any atom is -0.444 e. The number of carbonyl (C=O) groups excluding carboxylic acids is 3. The fourth-order valence-electron chi connectivity index (χ4n) is 2.43. The number of nitro benzene ring substituents is 1. The van der Waals surface area contributed by atoms with Crippen LogP contribution in [-0.4, -0.2) is 47.3 Å². The zero-order chi connectivity index (χ0) is 25.4. The largest absolute Gasteiger partial charge is 0.444 e. The van der Waals surface area contributed by atoms with Crippen LogP contribution in [0.15, 0.2) is 18.2 Å². The zero-order valence-corrected chi connectivity index (χ0v) is 20.4. The Hall–Kier alpha value is -3.08. The fourth-order valence-corrected chi connectivity index (χ4v) is 2.64. The molecule has 33 heavy (non-hydrogen) atoms. The Balaban J connectivity index is 2.70. The Labute approximate surface area is 197 Å². The highest BCUT2D eigenvalue weighted by atomic mass is 35.5. The number of carbonyl (C=O) groups is 3. The standard InChI is InChI=1S/C21H31ClN4O7/c1-20(2,3)32-18(28)24-11-7-10-23-17(27)16(22)13-8-9-15(26(30)31)14(12-13)25-19(29)33-21(4,5)6/h8-9,12,16H,7,10-11H2,1-6H3,(H,23,27)(H,24,28)(H,25,29). The molecule has 12 heteroatoms. The number of nitrogens with one attached hydrogen (secondary N) is 3. The van der Waals surface area contributed by atoms with Gasteiger partial charge >= 0.3 is 12.2 Å². The van der Waals surface area contributed by atoms with Crippen molar-refractivity contribution in [3.63, 3.8) is 0 Å². The molecule has 0 aromatic heterocycles. The van der Waals surface area contributed by atoms with Gasteiger partial charge in [-0.25, -0.2) is 9.59 Å². The Morgan fingerprint density at radius 3 is 2.09 bits per heavy atom. The molecule has 1 atom stereocenters. The number of hydrogen-bond donors (Lipinski definition) is 3. The van der Waals surface area contributed by atoms with Crippen molar-refractivity contribution in [3.05, 3.63) is 33.9 Å². The third kappa shape index (κ3) is 10.9. The van der Waals surface area contributed by atoms with Crippen LogP contribution < -0.4 is 16.0 Å². The summed E-state index contributed by atoms with van der Waals surface area (Å²) in [5.41, 5.74) is -1.68. The third-order valence-corrected chi connectivity index (χ3v) is 4.15. The quantitative estimate of drug-likeness (QED) is 0.215. The molecule has 0 heterocycles. The minimum absolute atomic E-state index is 0.147. The number of nitro groups is 1. The van der Waals surface area contributed by atoms with Gasteiger partial charge < -0.3 is 20.1 Å². The predicted octanol–water partition coefficient (Wildman–Crippen LogP) is 4.25. The van der Waals surface area contributed by atoms with Crippen molar-refractivity contribution in [2.24, 2.45) is 0 Å². The van der Waals surface area contributed by atoms with Crippen molar-refractivity contribution in [1.29, 1.82) is 0 Å². The lowest BCUT2D eigenvalue weighted by molar-refractivity contribution is -0.383. The Kier molecular flexibility index (Phi) is 9.90. The van der Waals surface area contributed by atoms with E-state index in [1.54, 1.807) is 41.5 Å². The summed E-state index contributed by atoms with van der Waals surface area (Å²) in [6, 6.07) is 3.73. The molecular formula is C21H31ClN4O7. The lowest BCUT2D eigenvalue weighted by atomic mass is 10.1. The number of anilines is 1. The molecule has 1 aromatic carbocycles. The van der Waals surface area contributed by atoms with E-state index in [1.807, 2.05) is 0 Å². The second-order valence-electron chi connectivity index (χ2n) is 9.10. The SMILES string of the molecule is CC(C)(C)OC(=O)NCCCNC(=O)C(Cl)c1ccc([N+](=O)[O-])c(NC(=O)OC(C)(C)C)c1. The highest BCUT2D eigenvalue weighted by molar-refractivity contribution is 6.30. The van der Waals surface area contributed by atoms with Crippen LogP contribution >= 0.6 is 11.6 Å². The molecule has 0 saturated carbocycles. The van der Waals surface area contributed by atoms with Gasteiger partial charge in [0.1, 0.15) is 22.3 Å². The lowest BCUT2D eigenvalue weighted by Crippen LogP contribution is -2.35. The summed E-state index contributed by atoms with van der Waals surface area (Å²) in [4.78, 5) is 46.6. The first kappa shape index (κ1) is 28.0. The van der Waals surface area contributed by atoms with E-state index >= 15 is 0 Å². The van der Waals surface area contributed by atoms with Crippen molar-refractivity contribution >= 4 is 41.1 Å². The Morgan fingerprint density at radius 1 is 1.00 bits per heavy atom. The first-order valence-electron chi connectivity index (χ1n) is 10.3. The predicted molar refractivity (Wildman–Crippen MR) is 123 cm³/mol.